The molecule has 0 amide bonds. The van der Waals surface area contributed by atoms with Crippen LogP contribution in [0.3, 0.4) is 0 Å². The highest BCUT2D eigenvalue weighted by Gasteiger charge is 2.21. The number of fused-ring (bicyclic) bond motifs is 1. The summed E-state index contributed by atoms with van der Waals surface area (Å²) in [6, 6.07) is 15.3. The van der Waals surface area contributed by atoms with Crippen molar-refractivity contribution in [2.24, 2.45) is 0 Å². The van der Waals surface area contributed by atoms with Crippen molar-refractivity contribution in [1.29, 1.82) is 0 Å². The molecule has 2 aromatic carbocycles. The summed E-state index contributed by atoms with van der Waals surface area (Å²) in [5.74, 6) is 0. The van der Waals surface area contributed by atoms with E-state index in [9.17, 15) is 5.11 Å². The minimum absolute atomic E-state index is 0.172. The van der Waals surface area contributed by atoms with E-state index in [1.807, 2.05) is 0 Å². The molecule has 19 heavy (non-hydrogen) atoms. The van der Waals surface area contributed by atoms with Gasteiger partial charge in [-0.3, -0.25) is 0 Å². The molecule has 0 aromatic heterocycles. The third kappa shape index (κ3) is 2.96. The Balaban J connectivity index is 1.67. The number of rotatable bonds is 3. The van der Waals surface area contributed by atoms with Crippen molar-refractivity contribution in [3.8, 4) is 0 Å². The Morgan fingerprint density at radius 3 is 2.63 bits per heavy atom. The molecule has 2 N–H and O–H groups in total. The zero-order valence-corrected chi connectivity index (χ0v) is 11.2. The molecule has 100 valence electrons. The Kier molecular flexibility index (Phi) is 3.81. The minimum atomic E-state index is -0.172. The van der Waals surface area contributed by atoms with Gasteiger partial charge in [0.05, 0.1) is 6.10 Å². The minimum Gasteiger partial charge on any atom is -0.392 e. The fraction of sp³-hybridized carbons (Fsp3) is 0.412. The molecule has 1 aliphatic carbocycles. The third-order valence-electron chi connectivity index (χ3n) is 4.11. The van der Waals surface area contributed by atoms with Crippen LogP contribution in [-0.2, 0) is 6.54 Å². The van der Waals surface area contributed by atoms with Gasteiger partial charge in [-0.25, -0.2) is 0 Å². The number of hydrogen-bond acceptors (Lipinski definition) is 2. The van der Waals surface area contributed by atoms with E-state index in [1.54, 1.807) is 0 Å². The van der Waals surface area contributed by atoms with Crippen LogP contribution in [0.2, 0.25) is 0 Å². The maximum atomic E-state index is 9.96. The molecule has 0 bridgehead atoms. The second kappa shape index (κ2) is 5.72. The predicted octanol–water partition coefficient (Wildman–Crippen LogP) is 3.23. The number of aliphatic hydroxyl groups is 1. The molecule has 2 nitrogen and oxygen atoms in total. The van der Waals surface area contributed by atoms with Gasteiger partial charge in [-0.2, -0.15) is 0 Å². The van der Waals surface area contributed by atoms with Crippen LogP contribution in [0.15, 0.2) is 42.5 Å². The Bertz CT molecular complexity index is 552. The molecule has 1 saturated carbocycles. The summed E-state index contributed by atoms with van der Waals surface area (Å²) >= 11 is 0. The largest absolute Gasteiger partial charge is 0.392 e. The highest BCUT2D eigenvalue weighted by atomic mass is 16.3. The van der Waals surface area contributed by atoms with Gasteiger partial charge in [-0.05, 0) is 35.2 Å². The molecule has 2 aromatic rings. The van der Waals surface area contributed by atoms with Gasteiger partial charge in [0.25, 0.3) is 0 Å². The SMILES string of the molecule is O[C@@H]1CCCC[C@H]1NCc1ccc2ccccc2c1. The van der Waals surface area contributed by atoms with E-state index >= 15 is 0 Å². The first-order valence-corrected chi connectivity index (χ1v) is 7.22. The van der Waals surface area contributed by atoms with Crippen LogP contribution in [-0.4, -0.2) is 17.3 Å². The maximum Gasteiger partial charge on any atom is 0.0693 e. The topological polar surface area (TPSA) is 32.3 Å². The summed E-state index contributed by atoms with van der Waals surface area (Å²) in [5.41, 5.74) is 1.29. The quantitative estimate of drug-likeness (QED) is 0.882. The molecule has 1 fully saturated rings. The van der Waals surface area contributed by atoms with Crippen molar-refractivity contribution >= 4 is 10.8 Å². The lowest BCUT2D eigenvalue weighted by Crippen LogP contribution is -2.41. The van der Waals surface area contributed by atoms with Gasteiger partial charge in [-0.15, -0.1) is 0 Å². The highest BCUT2D eigenvalue weighted by Crippen LogP contribution is 2.20. The molecule has 2 atom stereocenters. The van der Waals surface area contributed by atoms with Crippen LogP contribution in [0.5, 0.6) is 0 Å². The molecule has 0 heterocycles. The van der Waals surface area contributed by atoms with Gasteiger partial charge in [0.1, 0.15) is 0 Å². The average Bonchev–Trinajstić information content (AvgIpc) is 2.46. The molecule has 0 saturated heterocycles. The normalized spacial score (nSPS) is 23.6. The van der Waals surface area contributed by atoms with Gasteiger partial charge in [-0.1, -0.05) is 49.2 Å². The van der Waals surface area contributed by atoms with Crippen LogP contribution < -0.4 is 5.32 Å². The number of hydrogen-bond donors (Lipinski definition) is 2. The molecule has 0 radical (unpaired) electrons. The number of benzene rings is 2. The van der Waals surface area contributed by atoms with Gasteiger partial charge in [0.2, 0.25) is 0 Å². The van der Waals surface area contributed by atoms with Gasteiger partial charge in [0, 0.05) is 12.6 Å². The molecule has 0 aliphatic heterocycles. The van der Waals surface area contributed by atoms with E-state index in [0.29, 0.717) is 0 Å². The first-order chi connectivity index (χ1) is 9.33. The summed E-state index contributed by atoms with van der Waals surface area (Å²) in [7, 11) is 0. The Labute approximate surface area is 114 Å². The highest BCUT2D eigenvalue weighted by molar-refractivity contribution is 5.82. The first kappa shape index (κ1) is 12.6. The molecule has 2 heteroatoms. The lowest BCUT2D eigenvalue weighted by atomic mass is 9.92. The monoisotopic (exact) mass is 255 g/mol. The van der Waals surface area contributed by atoms with Gasteiger partial charge >= 0.3 is 0 Å². The zero-order chi connectivity index (χ0) is 13.1. The maximum absolute atomic E-state index is 9.96. The van der Waals surface area contributed by atoms with E-state index in [0.717, 1.165) is 25.8 Å². The van der Waals surface area contributed by atoms with Gasteiger partial charge in [0.15, 0.2) is 0 Å². The Hall–Kier alpha value is -1.38. The van der Waals surface area contributed by atoms with Crippen molar-refractivity contribution < 1.29 is 5.11 Å². The van der Waals surface area contributed by atoms with Crippen LogP contribution in [0.25, 0.3) is 10.8 Å². The standard InChI is InChI=1S/C17H21NO/c19-17-8-4-3-7-16(17)18-12-13-9-10-14-5-1-2-6-15(14)11-13/h1-2,5-6,9-11,16-19H,3-4,7-8,12H2/t16-,17-/m1/s1. The first-order valence-electron chi connectivity index (χ1n) is 7.22. The van der Waals surface area contributed by atoms with Crippen molar-refractivity contribution in [2.75, 3.05) is 0 Å². The molecule has 1 aliphatic rings. The van der Waals surface area contributed by atoms with Crippen LogP contribution >= 0.6 is 0 Å². The van der Waals surface area contributed by atoms with E-state index in [2.05, 4.69) is 47.8 Å². The summed E-state index contributed by atoms with van der Waals surface area (Å²) < 4.78 is 0. The molecular weight excluding hydrogens is 234 g/mol. The molecule has 0 unspecified atom stereocenters. The van der Waals surface area contributed by atoms with Gasteiger partial charge < -0.3 is 10.4 Å². The summed E-state index contributed by atoms with van der Waals surface area (Å²) in [6.07, 6.45) is 4.25. The molecule has 0 spiro atoms. The average molecular weight is 255 g/mol. The van der Waals surface area contributed by atoms with Crippen LogP contribution in [0.1, 0.15) is 31.2 Å². The Morgan fingerprint density at radius 1 is 1.00 bits per heavy atom. The van der Waals surface area contributed by atoms with Crippen molar-refractivity contribution in [1.82, 2.24) is 5.32 Å². The lowest BCUT2D eigenvalue weighted by Gasteiger charge is -2.28. The Morgan fingerprint density at radius 2 is 1.79 bits per heavy atom. The third-order valence-corrected chi connectivity index (χ3v) is 4.11. The van der Waals surface area contributed by atoms with Crippen molar-refractivity contribution in [3.63, 3.8) is 0 Å². The zero-order valence-electron chi connectivity index (χ0n) is 11.2. The number of aliphatic hydroxyl groups excluding tert-OH is 1. The second-order valence-electron chi connectivity index (χ2n) is 5.52. The molecule has 3 rings (SSSR count). The van der Waals surface area contributed by atoms with Crippen LogP contribution in [0.4, 0.5) is 0 Å². The smallest absolute Gasteiger partial charge is 0.0693 e. The second-order valence-corrected chi connectivity index (χ2v) is 5.52. The summed E-state index contributed by atoms with van der Waals surface area (Å²) in [5, 5.41) is 16.0. The van der Waals surface area contributed by atoms with E-state index < -0.39 is 0 Å². The van der Waals surface area contributed by atoms with E-state index in [-0.39, 0.29) is 12.1 Å². The number of nitrogens with one attached hydrogen (secondary N) is 1. The van der Waals surface area contributed by atoms with Crippen molar-refractivity contribution in [2.45, 2.75) is 44.4 Å². The van der Waals surface area contributed by atoms with E-state index in [4.69, 9.17) is 0 Å². The summed E-state index contributed by atoms with van der Waals surface area (Å²) in [4.78, 5) is 0. The van der Waals surface area contributed by atoms with Crippen molar-refractivity contribution in [3.05, 3.63) is 48.0 Å². The lowest BCUT2D eigenvalue weighted by molar-refractivity contribution is 0.0903. The van der Waals surface area contributed by atoms with E-state index in [1.165, 1.54) is 22.8 Å². The fourth-order valence-electron chi connectivity index (χ4n) is 2.95. The summed E-state index contributed by atoms with van der Waals surface area (Å²) in [6.45, 7) is 0.840. The predicted molar refractivity (Wildman–Crippen MR) is 79.1 cm³/mol. The van der Waals surface area contributed by atoms with Crippen LogP contribution in [0, 0.1) is 0 Å². The molecular formula is C17H21NO. The fourth-order valence-corrected chi connectivity index (χ4v) is 2.95.